The van der Waals surface area contributed by atoms with Crippen molar-refractivity contribution in [2.24, 2.45) is 64.1 Å². The topological polar surface area (TPSA) is 134 Å². The van der Waals surface area contributed by atoms with Crippen molar-refractivity contribution in [2.45, 2.75) is 185 Å². The highest BCUT2D eigenvalue weighted by Crippen LogP contribution is 2.65. The van der Waals surface area contributed by atoms with Crippen LogP contribution in [0.15, 0.2) is 11.6 Å². The van der Waals surface area contributed by atoms with Crippen molar-refractivity contribution in [1.82, 2.24) is 0 Å². The lowest BCUT2D eigenvalue weighted by molar-refractivity contribution is -0.167. The van der Waals surface area contributed by atoms with Gasteiger partial charge >= 0.3 is 11.9 Å². The van der Waals surface area contributed by atoms with E-state index in [9.17, 15) is 30.0 Å². The molecule has 8 nitrogen and oxygen atoms in total. The van der Waals surface area contributed by atoms with E-state index in [1.165, 1.54) is 5.57 Å². The molecule has 0 spiro atoms. The number of aliphatic hydroxyl groups is 4. The highest BCUT2D eigenvalue weighted by atomic mass is 79.9. The minimum Gasteiger partial charge on any atom is -0.461 e. The fraction of sp³-hybridized carbons (Fsp3) is 0.909. The van der Waals surface area contributed by atoms with Gasteiger partial charge in [0.25, 0.3) is 0 Å². The zero-order chi connectivity index (χ0) is 37.3. The van der Waals surface area contributed by atoms with E-state index in [-0.39, 0.29) is 83.7 Å². The lowest BCUT2D eigenvalue weighted by atomic mass is 9.49. The van der Waals surface area contributed by atoms with Crippen LogP contribution in [-0.2, 0) is 19.1 Å². The van der Waals surface area contributed by atoms with E-state index in [1.807, 2.05) is 13.8 Å². The molecule has 0 heterocycles. The zero-order valence-electron chi connectivity index (χ0n) is 31.7. The Hall–Kier alpha value is -0.520. The van der Waals surface area contributed by atoms with Gasteiger partial charge in [-0.05, 0) is 137 Å². The maximum atomic E-state index is 12.0. The summed E-state index contributed by atoms with van der Waals surface area (Å²) in [5.41, 5.74) is 1.17. The quantitative estimate of drug-likeness (QED) is 0.126. The van der Waals surface area contributed by atoms with Crippen LogP contribution in [0.1, 0.15) is 139 Å². The summed E-state index contributed by atoms with van der Waals surface area (Å²) in [6, 6.07) is 0. The number of hydrogen-bond donors (Lipinski definition) is 4. The molecule has 8 aliphatic rings. The number of halogens is 2. The van der Waals surface area contributed by atoms with Gasteiger partial charge in [-0.3, -0.25) is 9.59 Å². The molecular formula is C44H72Br2O8. The number of hydrogen-bond acceptors (Lipinski definition) is 8. The van der Waals surface area contributed by atoms with Crippen molar-refractivity contribution in [3.05, 3.63) is 11.6 Å². The third-order valence-corrected chi connectivity index (χ3v) is 18.0. The minimum absolute atomic E-state index is 0. The molecular weight excluding hydrogens is 816 g/mol. The molecule has 7 saturated carbocycles. The molecule has 8 aliphatic carbocycles. The lowest BCUT2D eigenvalue weighted by Gasteiger charge is -2.57. The Morgan fingerprint density at radius 3 is 1.81 bits per heavy atom. The fourth-order valence-electron chi connectivity index (χ4n) is 13.8. The van der Waals surface area contributed by atoms with Crippen molar-refractivity contribution in [1.29, 1.82) is 0 Å². The normalized spacial score (nSPS) is 49.9. The summed E-state index contributed by atoms with van der Waals surface area (Å²) in [6.07, 6.45) is 14.1. The van der Waals surface area contributed by atoms with Crippen LogP contribution in [0.4, 0.5) is 0 Å². The molecule has 0 saturated heterocycles. The van der Waals surface area contributed by atoms with Gasteiger partial charge in [-0.1, -0.05) is 86.1 Å². The largest absolute Gasteiger partial charge is 0.461 e. The molecule has 0 aromatic carbocycles. The van der Waals surface area contributed by atoms with Crippen molar-refractivity contribution in [3.63, 3.8) is 0 Å². The maximum absolute atomic E-state index is 12.0. The Morgan fingerprint density at radius 2 is 1.24 bits per heavy atom. The molecule has 0 bridgehead atoms. The monoisotopic (exact) mass is 886 g/mol. The molecule has 0 amide bonds. The Balaban J connectivity index is 0.000000200. The molecule has 10 heteroatoms. The van der Waals surface area contributed by atoms with Crippen molar-refractivity contribution in [3.8, 4) is 0 Å². The number of aliphatic hydroxyl groups excluding tert-OH is 4. The van der Waals surface area contributed by atoms with Crippen LogP contribution in [0.2, 0.25) is 0 Å². The van der Waals surface area contributed by atoms with E-state index in [4.69, 9.17) is 9.47 Å². The third-order valence-electron chi connectivity index (χ3n) is 16.3. The van der Waals surface area contributed by atoms with Crippen molar-refractivity contribution < 1.29 is 39.5 Å². The molecule has 7 fully saturated rings. The highest BCUT2D eigenvalue weighted by molar-refractivity contribution is 9.09. The first kappa shape index (κ1) is 44.6. The second kappa shape index (κ2) is 17.4. The van der Waals surface area contributed by atoms with Gasteiger partial charge < -0.3 is 29.9 Å². The van der Waals surface area contributed by atoms with Gasteiger partial charge in [0.1, 0.15) is 12.2 Å². The minimum atomic E-state index is -0.443. The summed E-state index contributed by atoms with van der Waals surface area (Å²) in [6.45, 7) is 8.23. The van der Waals surface area contributed by atoms with E-state index in [0.717, 1.165) is 83.5 Å². The van der Waals surface area contributed by atoms with Crippen molar-refractivity contribution in [2.75, 3.05) is 0 Å². The first-order valence-corrected chi connectivity index (χ1v) is 22.6. The average molecular weight is 889 g/mol. The van der Waals surface area contributed by atoms with Crippen LogP contribution < -0.4 is 0 Å². The second-order valence-electron chi connectivity index (χ2n) is 18.8. The lowest BCUT2D eigenvalue weighted by Crippen LogP contribution is -2.55. The smallest absolute Gasteiger partial charge is 0.305 e. The molecule has 0 aliphatic heterocycles. The van der Waals surface area contributed by atoms with Gasteiger partial charge in [0.05, 0.1) is 34.1 Å². The van der Waals surface area contributed by atoms with Gasteiger partial charge in [0.15, 0.2) is 0 Å². The van der Waals surface area contributed by atoms with E-state index in [1.54, 1.807) is 0 Å². The molecule has 0 aromatic heterocycles. The Labute approximate surface area is 342 Å². The van der Waals surface area contributed by atoms with E-state index < -0.39 is 6.10 Å². The molecule has 8 rings (SSSR count). The van der Waals surface area contributed by atoms with Gasteiger partial charge in [-0.15, -0.1) is 0 Å². The zero-order valence-corrected chi connectivity index (χ0v) is 34.8. The molecule has 0 radical (unpaired) electrons. The Morgan fingerprint density at radius 1 is 0.704 bits per heavy atom. The van der Waals surface area contributed by atoms with Gasteiger partial charge in [0, 0.05) is 23.7 Å². The summed E-state index contributed by atoms with van der Waals surface area (Å²) in [4.78, 5) is 24.3. The van der Waals surface area contributed by atoms with Crippen LogP contribution in [0, 0.1) is 64.1 Å². The number of alkyl halides is 2. The molecule has 4 N–H and O–H groups in total. The molecule has 0 aromatic rings. The van der Waals surface area contributed by atoms with Gasteiger partial charge in [0.2, 0.25) is 0 Å². The van der Waals surface area contributed by atoms with Gasteiger partial charge in [-0.25, -0.2) is 0 Å². The first-order valence-electron chi connectivity index (χ1n) is 20.8. The second-order valence-corrected chi connectivity index (χ2v) is 21.1. The average Bonchev–Trinajstić information content (AvgIpc) is 3.51. The number of carbonyl (C=O) groups excluding carboxylic acids is 2. The van der Waals surface area contributed by atoms with E-state index in [0.29, 0.717) is 60.2 Å². The highest BCUT2D eigenvalue weighted by Gasteiger charge is 2.64. The van der Waals surface area contributed by atoms with Crippen LogP contribution >= 0.6 is 31.9 Å². The first-order chi connectivity index (χ1) is 24.7. The van der Waals surface area contributed by atoms with Crippen LogP contribution in [0.5, 0.6) is 0 Å². The molecule has 310 valence electrons. The predicted octanol–water partition coefficient (Wildman–Crippen LogP) is 8.52. The Kier molecular flexibility index (Phi) is 14.3. The number of rotatable bonds is 4. The van der Waals surface area contributed by atoms with E-state index in [2.05, 4.69) is 51.8 Å². The predicted molar refractivity (Wildman–Crippen MR) is 219 cm³/mol. The summed E-state index contributed by atoms with van der Waals surface area (Å²) in [5.74, 6) is 3.79. The third kappa shape index (κ3) is 7.82. The Bertz CT molecular complexity index is 1360. The number of fused-ring (bicyclic) bond motifs is 10. The summed E-state index contributed by atoms with van der Waals surface area (Å²) in [5, 5.41) is 42.2. The van der Waals surface area contributed by atoms with Crippen LogP contribution in [0.25, 0.3) is 0 Å². The van der Waals surface area contributed by atoms with Gasteiger partial charge in [-0.2, -0.15) is 0 Å². The molecule has 19 atom stereocenters. The molecule has 7 unspecified atom stereocenters. The summed E-state index contributed by atoms with van der Waals surface area (Å²) >= 11 is 7.60. The number of esters is 2. The maximum Gasteiger partial charge on any atom is 0.305 e. The van der Waals surface area contributed by atoms with Crippen LogP contribution in [-0.4, -0.2) is 78.6 Å². The number of carbonyl (C=O) groups is 2. The molecule has 54 heavy (non-hydrogen) atoms. The summed E-state index contributed by atoms with van der Waals surface area (Å²) < 4.78 is 11.7. The summed E-state index contributed by atoms with van der Waals surface area (Å²) in [7, 11) is 0. The fourth-order valence-corrected chi connectivity index (χ4v) is 16.1. The SMILES string of the molecule is C.C.CCC(=O)O[C@H]1[C@H](Br)CC2C3C(CC[C@@]21C)[C@H]1CC[C@H](O)CC1=C[C@@H]3O.CCC(=O)O[C@H]1[C@H](Br)CC2C3C(CC[C@@]21C)[C@H]1CC[C@H](O)CC1C[C@@H]3O. The number of ether oxygens (including phenoxy) is 2. The van der Waals surface area contributed by atoms with Crippen molar-refractivity contribution >= 4 is 43.8 Å². The standard InChI is InChI=1S/C21H33BrO4.C21H31BrO4.2CH4/c2*1-3-18(25)26-20-16(22)10-15-19-14(6-7-21(15,20)2)13-5-4-12(23)8-11(13)9-17(19)24;;/h11-17,19-20,23-24H,3-10H2,1-2H3;9,12-17,19-20,23-24H,3-8,10H2,1-2H3;2*1H4/t11?,12-,13-,14?,15?,16+,17-,19?,20-,21-;12-,13-,14?,15?,16+,17-,19?,20-,21-;;/m00../s1. The van der Waals surface area contributed by atoms with Crippen LogP contribution in [0.3, 0.4) is 0 Å². The van der Waals surface area contributed by atoms with E-state index >= 15 is 0 Å².